The molecule has 5 rings (SSSR count). The number of nitrogens with one attached hydrogen (secondary N) is 2. The number of hydrogen-bond donors (Lipinski definition) is 2. The maximum atomic E-state index is 13.4. The van der Waals surface area contributed by atoms with Gasteiger partial charge in [-0.25, -0.2) is 10.2 Å². The van der Waals surface area contributed by atoms with E-state index in [1.165, 1.54) is 6.21 Å². The first kappa shape index (κ1) is 26.2. The van der Waals surface area contributed by atoms with E-state index in [2.05, 4.69) is 21.6 Å². The Balaban J connectivity index is 1.44. The van der Waals surface area contributed by atoms with Crippen molar-refractivity contribution in [2.75, 3.05) is 0 Å². The van der Waals surface area contributed by atoms with Gasteiger partial charge in [0, 0.05) is 32.6 Å². The van der Waals surface area contributed by atoms with Crippen LogP contribution in [0.15, 0.2) is 90.0 Å². The number of esters is 1. The fraction of sp³-hybridized carbons (Fsp3) is 0.0645. The second-order valence-electron chi connectivity index (χ2n) is 8.97. The van der Waals surface area contributed by atoms with Gasteiger partial charge in [0.15, 0.2) is 0 Å². The van der Waals surface area contributed by atoms with Gasteiger partial charge in [-0.2, -0.15) is 5.10 Å². The number of carbonyl (C=O) groups excluding carboxylic acids is 2. The van der Waals surface area contributed by atoms with E-state index in [0.717, 1.165) is 27.6 Å². The third kappa shape index (κ3) is 5.43. The van der Waals surface area contributed by atoms with Crippen molar-refractivity contribution in [3.05, 3.63) is 123 Å². The van der Waals surface area contributed by atoms with Gasteiger partial charge in [-0.3, -0.25) is 4.79 Å². The molecule has 0 unspecified atom stereocenters. The van der Waals surface area contributed by atoms with E-state index in [4.69, 9.17) is 27.9 Å². The Hall–Kier alpha value is -4.39. The summed E-state index contributed by atoms with van der Waals surface area (Å²) in [5.41, 5.74) is 8.03. The number of aromatic nitrogens is 1. The Morgan fingerprint density at radius 3 is 2.36 bits per heavy atom. The Morgan fingerprint density at radius 2 is 1.59 bits per heavy atom. The molecule has 0 spiro atoms. The van der Waals surface area contributed by atoms with Crippen LogP contribution in [0.5, 0.6) is 5.75 Å². The molecule has 4 aromatic carbocycles. The Morgan fingerprint density at radius 1 is 0.897 bits per heavy atom. The van der Waals surface area contributed by atoms with Gasteiger partial charge >= 0.3 is 5.97 Å². The summed E-state index contributed by atoms with van der Waals surface area (Å²) in [6.07, 6.45) is 1.42. The monoisotopic (exact) mass is 555 g/mol. The average Bonchev–Trinajstić information content (AvgIpc) is 3.29. The van der Waals surface area contributed by atoms with Crippen LogP contribution in [0.2, 0.25) is 10.0 Å². The van der Waals surface area contributed by atoms with Crippen LogP contribution in [0.25, 0.3) is 22.0 Å². The van der Waals surface area contributed by atoms with Gasteiger partial charge in [-0.05, 0) is 55.8 Å². The minimum atomic E-state index is -0.599. The van der Waals surface area contributed by atoms with Crippen LogP contribution >= 0.6 is 23.2 Å². The van der Waals surface area contributed by atoms with E-state index in [1.807, 2.05) is 38.1 Å². The van der Waals surface area contributed by atoms with Gasteiger partial charge in [0.25, 0.3) is 5.91 Å². The maximum absolute atomic E-state index is 13.4. The number of nitrogens with zero attached hydrogens (tertiary/aromatic N) is 1. The van der Waals surface area contributed by atoms with Gasteiger partial charge in [-0.15, -0.1) is 0 Å². The van der Waals surface area contributed by atoms with Crippen LogP contribution < -0.4 is 10.2 Å². The highest BCUT2D eigenvalue weighted by Crippen LogP contribution is 2.38. The summed E-state index contributed by atoms with van der Waals surface area (Å²) in [5.74, 6) is -0.771. The molecule has 1 amide bonds. The van der Waals surface area contributed by atoms with Crippen molar-refractivity contribution in [3.63, 3.8) is 0 Å². The number of H-pyrrole nitrogens is 1. The zero-order chi connectivity index (χ0) is 27.5. The predicted octanol–water partition coefficient (Wildman–Crippen LogP) is 7.74. The van der Waals surface area contributed by atoms with Crippen LogP contribution in [-0.4, -0.2) is 23.1 Å². The van der Waals surface area contributed by atoms with E-state index in [-0.39, 0.29) is 11.3 Å². The summed E-state index contributed by atoms with van der Waals surface area (Å²) >= 11 is 12.7. The van der Waals surface area contributed by atoms with Gasteiger partial charge in [0.1, 0.15) is 11.4 Å². The molecule has 194 valence electrons. The smallest absolute Gasteiger partial charge is 0.345 e. The lowest BCUT2D eigenvalue weighted by atomic mass is 9.99. The number of fused-ring (bicyclic) bond motifs is 1. The van der Waals surface area contributed by atoms with Crippen LogP contribution in [0.4, 0.5) is 0 Å². The molecule has 0 aliphatic heterocycles. The number of hydrogen-bond acceptors (Lipinski definition) is 4. The topological polar surface area (TPSA) is 83.6 Å². The normalized spacial score (nSPS) is 11.2. The number of rotatable bonds is 6. The van der Waals surface area contributed by atoms with E-state index in [1.54, 1.807) is 54.6 Å². The zero-order valence-corrected chi connectivity index (χ0v) is 22.6. The number of hydrazone groups is 1. The largest absolute Gasteiger partial charge is 0.422 e. The van der Waals surface area contributed by atoms with E-state index in [0.29, 0.717) is 26.9 Å². The summed E-state index contributed by atoms with van der Waals surface area (Å²) in [7, 11) is 0. The summed E-state index contributed by atoms with van der Waals surface area (Å²) in [5, 5.41) is 5.87. The van der Waals surface area contributed by atoms with Gasteiger partial charge < -0.3 is 9.72 Å². The predicted molar refractivity (Wildman–Crippen MR) is 156 cm³/mol. The molecule has 0 saturated heterocycles. The number of para-hydroxylation sites is 1. The van der Waals surface area contributed by atoms with Crippen LogP contribution in [0, 0.1) is 13.8 Å². The Bertz CT molecular complexity index is 1760. The zero-order valence-electron chi connectivity index (χ0n) is 21.1. The third-order valence-corrected chi connectivity index (χ3v) is 6.86. The lowest BCUT2D eigenvalue weighted by Crippen LogP contribution is -2.19. The first-order chi connectivity index (χ1) is 18.8. The van der Waals surface area contributed by atoms with Crippen molar-refractivity contribution in [2.45, 2.75) is 13.8 Å². The quantitative estimate of drug-likeness (QED) is 0.0971. The summed E-state index contributed by atoms with van der Waals surface area (Å²) in [6.45, 7) is 4.00. The maximum Gasteiger partial charge on any atom is 0.345 e. The molecule has 2 N–H and O–H groups in total. The molecule has 0 atom stereocenters. The molecule has 8 heteroatoms. The average molecular weight is 556 g/mol. The fourth-order valence-corrected chi connectivity index (χ4v) is 4.89. The molecule has 39 heavy (non-hydrogen) atoms. The number of aromatic amines is 1. The number of carbonyl (C=O) groups is 2. The van der Waals surface area contributed by atoms with Crippen molar-refractivity contribution in [1.29, 1.82) is 0 Å². The number of aryl methyl sites for hydroxylation is 2. The third-order valence-electron chi connectivity index (χ3n) is 6.20. The first-order valence-electron chi connectivity index (χ1n) is 12.1. The molecular weight excluding hydrogens is 533 g/mol. The first-order valence-corrected chi connectivity index (χ1v) is 12.9. The van der Waals surface area contributed by atoms with Crippen LogP contribution in [0.3, 0.4) is 0 Å². The molecule has 1 aromatic heterocycles. The van der Waals surface area contributed by atoms with E-state index < -0.39 is 11.9 Å². The van der Waals surface area contributed by atoms with Crippen molar-refractivity contribution < 1.29 is 14.3 Å². The molecule has 0 aliphatic rings. The molecule has 0 radical (unpaired) electrons. The highest BCUT2D eigenvalue weighted by atomic mass is 35.5. The number of benzene rings is 4. The molecule has 0 fully saturated rings. The molecular formula is C31H23Cl2N3O3. The summed E-state index contributed by atoms with van der Waals surface area (Å²) < 4.78 is 5.56. The lowest BCUT2D eigenvalue weighted by Gasteiger charge is -2.08. The Labute approximate surface area is 235 Å². The minimum Gasteiger partial charge on any atom is -0.422 e. The summed E-state index contributed by atoms with van der Waals surface area (Å²) in [6, 6.07) is 25.0. The van der Waals surface area contributed by atoms with Gasteiger partial charge in [-0.1, -0.05) is 77.3 Å². The molecule has 1 heterocycles. The SMILES string of the molecule is Cc1cc(C)c2[nH]c(C(=O)NN=Cc3ccccc3OC(=O)c3ccccc3Cl)c(-c3ccccc3Cl)c2c1. The number of halogens is 2. The van der Waals surface area contributed by atoms with Crippen molar-refractivity contribution in [3.8, 4) is 16.9 Å². The highest BCUT2D eigenvalue weighted by Gasteiger charge is 2.22. The van der Waals surface area contributed by atoms with Crippen molar-refractivity contribution in [1.82, 2.24) is 10.4 Å². The van der Waals surface area contributed by atoms with Gasteiger partial charge in [0.2, 0.25) is 0 Å². The summed E-state index contributed by atoms with van der Waals surface area (Å²) in [4.78, 5) is 29.3. The molecule has 5 aromatic rings. The second-order valence-corrected chi connectivity index (χ2v) is 9.78. The van der Waals surface area contributed by atoms with Crippen LogP contribution in [0.1, 0.15) is 37.5 Å². The van der Waals surface area contributed by atoms with Crippen molar-refractivity contribution in [2.24, 2.45) is 5.10 Å². The molecule has 6 nitrogen and oxygen atoms in total. The van der Waals surface area contributed by atoms with E-state index >= 15 is 0 Å². The second kappa shape index (κ2) is 11.2. The van der Waals surface area contributed by atoms with Crippen molar-refractivity contribution >= 4 is 52.2 Å². The van der Waals surface area contributed by atoms with Crippen LogP contribution in [-0.2, 0) is 0 Å². The standard InChI is InChI=1S/C31H23Cl2N3O3/c1-18-15-19(2)28-23(16-18)27(21-10-4-6-12-24(21)32)29(35-28)30(37)36-34-17-20-9-3-8-14-26(20)39-31(38)22-11-5-7-13-25(22)33/h3-17,35H,1-2H3,(H,36,37). The lowest BCUT2D eigenvalue weighted by molar-refractivity contribution is 0.0734. The van der Waals surface area contributed by atoms with Gasteiger partial charge in [0.05, 0.1) is 16.8 Å². The molecule has 0 bridgehead atoms. The number of amides is 1. The highest BCUT2D eigenvalue weighted by molar-refractivity contribution is 6.34. The molecule has 0 aliphatic carbocycles. The van der Waals surface area contributed by atoms with E-state index in [9.17, 15) is 9.59 Å². The number of ether oxygens (including phenoxy) is 1. The Kier molecular flexibility index (Phi) is 7.50. The fourth-order valence-electron chi connectivity index (χ4n) is 4.44. The minimum absolute atomic E-state index is 0.246. The molecule has 0 saturated carbocycles.